The number of ether oxygens (including phenoxy) is 1. The molecule has 0 N–H and O–H groups in total. The van der Waals surface area contributed by atoms with Gasteiger partial charge in [-0.25, -0.2) is 0 Å². The zero-order valence-corrected chi connectivity index (χ0v) is 12.1. The quantitative estimate of drug-likeness (QED) is 0.868. The summed E-state index contributed by atoms with van der Waals surface area (Å²) in [5.74, 6) is -0.457. The lowest BCUT2D eigenvalue weighted by atomic mass is 10.2. The van der Waals surface area contributed by atoms with Gasteiger partial charge in [-0.2, -0.15) is 13.2 Å². The molecule has 3 rings (SSSR count). The van der Waals surface area contributed by atoms with Crippen molar-refractivity contribution in [1.82, 2.24) is 14.7 Å². The summed E-state index contributed by atoms with van der Waals surface area (Å²) in [4.78, 5) is 12.9. The molecule has 2 aromatic rings. The van der Waals surface area contributed by atoms with E-state index in [9.17, 15) is 18.0 Å². The maximum absolute atomic E-state index is 12.5. The molecule has 1 aromatic carbocycles. The average molecular weight is 325 g/mol. The topological polar surface area (TPSA) is 47.4 Å². The summed E-state index contributed by atoms with van der Waals surface area (Å²) in [5, 5.41) is 4.11. The van der Waals surface area contributed by atoms with Crippen molar-refractivity contribution >= 4 is 5.91 Å². The molecule has 0 spiro atoms. The Hall–Kier alpha value is -2.51. The smallest absolute Gasteiger partial charge is 0.406 e. The Bertz CT molecular complexity index is 698. The second-order valence-corrected chi connectivity index (χ2v) is 5.21. The predicted octanol–water partition coefficient (Wildman–Crippen LogP) is 2.48. The predicted molar refractivity (Wildman–Crippen MR) is 75.0 cm³/mol. The zero-order valence-electron chi connectivity index (χ0n) is 12.1. The minimum Gasteiger partial charge on any atom is -0.472 e. The van der Waals surface area contributed by atoms with Crippen LogP contribution in [0.15, 0.2) is 36.4 Å². The summed E-state index contributed by atoms with van der Waals surface area (Å²) in [6.07, 6.45) is -4.41. The SMILES string of the molecule is O=C1c2cc(OCc3ccccc3)nn2CCN1CC(F)(F)F. The Balaban J connectivity index is 1.69. The van der Waals surface area contributed by atoms with Crippen molar-refractivity contribution < 1.29 is 22.7 Å². The molecule has 0 fully saturated rings. The third-order valence-corrected chi connectivity index (χ3v) is 3.45. The van der Waals surface area contributed by atoms with Crippen LogP contribution >= 0.6 is 0 Å². The normalized spacial score (nSPS) is 14.7. The van der Waals surface area contributed by atoms with Gasteiger partial charge in [0.05, 0.1) is 6.54 Å². The second kappa shape index (κ2) is 5.94. The Morgan fingerprint density at radius 3 is 2.61 bits per heavy atom. The number of hydrogen-bond acceptors (Lipinski definition) is 3. The first-order chi connectivity index (χ1) is 10.9. The van der Waals surface area contributed by atoms with Gasteiger partial charge in [-0.1, -0.05) is 30.3 Å². The van der Waals surface area contributed by atoms with Crippen LogP contribution in [-0.4, -0.2) is 39.9 Å². The zero-order chi connectivity index (χ0) is 16.4. The molecule has 0 saturated heterocycles. The van der Waals surface area contributed by atoms with Gasteiger partial charge in [0.15, 0.2) is 0 Å². The molecule has 0 atom stereocenters. The van der Waals surface area contributed by atoms with Gasteiger partial charge in [-0.15, -0.1) is 5.10 Å². The highest BCUT2D eigenvalue weighted by Gasteiger charge is 2.36. The molecule has 0 aliphatic carbocycles. The largest absolute Gasteiger partial charge is 0.472 e. The summed E-state index contributed by atoms with van der Waals surface area (Å²) in [6, 6.07) is 10.8. The Morgan fingerprint density at radius 2 is 1.91 bits per heavy atom. The molecule has 1 amide bonds. The number of benzene rings is 1. The lowest BCUT2D eigenvalue weighted by Crippen LogP contribution is -2.45. The summed E-state index contributed by atoms with van der Waals surface area (Å²) in [6.45, 7) is -0.786. The summed E-state index contributed by atoms with van der Waals surface area (Å²) in [7, 11) is 0. The second-order valence-electron chi connectivity index (χ2n) is 5.21. The van der Waals surface area contributed by atoms with E-state index in [1.165, 1.54) is 10.7 Å². The maximum Gasteiger partial charge on any atom is 0.406 e. The van der Waals surface area contributed by atoms with Crippen LogP contribution in [0, 0.1) is 0 Å². The van der Waals surface area contributed by atoms with Gasteiger partial charge in [0.2, 0.25) is 5.88 Å². The molecule has 0 saturated carbocycles. The third kappa shape index (κ3) is 3.64. The molecule has 0 radical (unpaired) electrons. The maximum atomic E-state index is 12.5. The number of halogens is 3. The van der Waals surface area contributed by atoms with Gasteiger partial charge in [-0.3, -0.25) is 9.48 Å². The Labute approximate surface area is 130 Å². The number of fused-ring (bicyclic) bond motifs is 1. The number of rotatable bonds is 4. The van der Waals surface area contributed by atoms with Gasteiger partial charge >= 0.3 is 6.18 Å². The van der Waals surface area contributed by atoms with Gasteiger partial charge in [0, 0.05) is 12.6 Å². The van der Waals surface area contributed by atoms with Crippen molar-refractivity contribution in [1.29, 1.82) is 0 Å². The molecule has 1 aliphatic heterocycles. The highest BCUT2D eigenvalue weighted by Crippen LogP contribution is 2.23. The molecule has 1 aromatic heterocycles. The van der Waals surface area contributed by atoms with Crippen LogP contribution in [0.3, 0.4) is 0 Å². The Kier molecular flexibility index (Phi) is 3.97. The molecule has 0 unspecified atom stereocenters. The number of nitrogens with zero attached hydrogens (tertiary/aromatic N) is 3. The van der Waals surface area contributed by atoms with Gasteiger partial charge in [0.25, 0.3) is 5.91 Å². The summed E-state index contributed by atoms with van der Waals surface area (Å²) >= 11 is 0. The van der Waals surface area contributed by atoms with Gasteiger partial charge < -0.3 is 9.64 Å². The van der Waals surface area contributed by atoms with E-state index in [1.54, 1.807) is 0 Å². The third-order valence-electron chi connectivity index (χ3n) is 3.45. The van der Waals surface area contributed by atoms with E-state index in [0.717, 1.165) is 10.5 Å². The highest BCUT2D eigenvalue weighted by molar-refractivity contribution is 5.93. The molecule has 0 bridgehead atoms. The molecular formula is C15H14F3N3O2. The minimum absolute atomic E-state index is 0.0227. The highest BCUT2D eigenvalue weighted by atomic mass is 19.4. The van der Waals surface area contributed by atoms with Crippen LogP contribution in [0.1, 0.15) is 16.1 Å². The number of hydrogen-bond donors (Lipinski definition) is 0. The van der Waals surface area contributed by atoms with Crippen molar-refractivity contribution in [2.45, 2.75) is 19.3 Å². The molecule has 2 heterocycles. The van der Waals surface area contributed by atoms with E-state index in [-0.39, 0.29) is 31.3 Å². The fourth-order valence-corrected chi connectivity index (χ4v) is 2.38. The minimum atomic E-state index is -4.41. The van der Waals surface area contributed by atoms with Crippen LogP contribution in [0.4, 0.5) is 13.2 Å². The first-order valence-corrected chi connectivity index (χ1v) is 7.03. The average Bonchev–Trinajstić information content (AvgIpc) is 2.92. The molecule has 23 heavy (non-hydrogen) atoms. The van der Waals surface area contributed by atoms with Crippen LogP contribution < -0.4 is 4.74 Å². The number of carbonyl (C=O) groups is 1. The van der Waals surface area contributed by atoms with Crippen molar-refractivity contribution in [3.63, 3.8) is 0 Å². The number of carbonyl (C=O) groups excluding carboxylic acids is 1. The van der Waals surface area contributed by atoms with Crippen molar-refractivity contribution in [3.05, 3.63) is 47.7 Å². The first-order valence-electron chi connectivity index (χ1n) is 7.03. The van der Waals surface area contributed by atoms with Gasteiger partial charge in [-0.05, 0) is 5.56 Å². The lowest BCUT2D eigenvalue weighted by molar-refractivity contribution is -0.141. The number of alkyl halides is 3. The number of amides is 1. The molecular weight excluding hydrogens is 311 g/mol. The van der Waals surface area contributed by atoms with Crippen LogP contribution in [0.2, 0.25) is 0 Å². The van der Waals surface area contributed by atoms with E-state index in [2.05, 4.69) is 5.10 Å². The van der Waals surface area contributed by atoms with Crippen LogP contribution in [0.5, 0.6) is 5.88 Å². The van der Waals surface area contributed by atoms with E-state index < -0.39 is 18.6 Å². The molecule has 1 aliphatic rings. The molecule has 5 nitrogen and oxygen atoms in total. The van der Waals surface area contributed by atoms with Crippen molar-refractivity contribution in [3.8, 4) is 5.88 Å². The molecule has 8 heteroatoms. The lowest BCUT2D eigenvalue weighted by Gasteiger charge is -2.27. The molecule has 122 valence electrons. The fourth-order valence-electron chi connectivity index (χ4n) is 2.38. The van der Waals surface area contributed by atoms with E-state index >= 15 is 0 Å². The Morgan fingerprint density at radius 1 is 1.17 bits per heavy atom. The monoisotopic (exact) mass is 325 g/mol. The fraction of sp³-hybridized carbons (Fsp3) is 0.333. The van der Waals surface area contributed by atoms with Crippen molar-refractivity contribution in [2.24, 2.45) is 0 Å². The van der Waals surface area contributed by atoms with E-state index in [4.69, 9.17) is 4.74 Å². The number of aromatic nitrogens is 2. The van der Waals surface area contributed by atoms with E-state index in [1.807, 2.05) is 30.3 Å². The van der Waals surface area contributed by atoms with Crippen LogP contribution in [-0.2, 0) is 13.2 Å². The first kappa shape index (κ1) is 15.4. The summed E-state index contributed by atoms with van der Waals surface area (Å²) in [5.41, 5.74) is 1.05. The van der Waals surface area contributed by atoms with E-state index in [0.29, 0.717) is 0 Å². The van der Waals surface area contributed by atoms with Gasteiger partial charge in [0.1, 0.15) is 18.8 Å². The standard InChI is InChI=1S/C15H14F3N3O2/c16-15(17,18)10-20-6-7-21-12(14(20)22)8-13(19-21)23-9-11-4-2-1-3-5-11/h1-5,8H,6-7,9-10H2. The van der Waals surface area contributed by atoms with Crippen molar-refractivity contribution in [2.75, 3.05) is 13.1 Å². The summed E-state index contributed by atoms with van der Waals surface area (Å²) < 4.78 is 44.3. The van der Waals surface area contributed by atoms with Crippen LogP contribution in [0.25, 0.3) is 0 Å².